The van der Waals surface area contributed by atoms with E-state index in [1.807, 2.05) is 0 Å². The van der Waals surface area contributed by atoms with E-state index in [9.17, 15) is 4.39 Å². The van der Waals surface area contributed by atoms with E-state index < -0.39 is 0 Å². The Hall–Kier alpha value is -1.38. The Labute approximate surface area is 124 Å². The highest BCUT2D eigenvalue weighted by atomic mass is 35.5. The summed E-state index contributed by atoms with van der Waals surface area (Å²) in [6.45, 7) is 4.18. The summed E-state index contributed by atoms with van der Waals surface area (Å²) in [5.41, 5.74) is 10.7. The number of halogens is 2. The third-order valence-electron chi connectivity index (χ3n) is 3.56. The number of benzene rings is 2. The van der Waals surface area contributed by atoms with Crippen molar-refractivity contribution >= 4 is 11.6 Å². The van der Waals surface area contributed by atoms with Crippen LogP contribution in [0.3, 0.4) is 0 Å². The van der Waals surface area contributed by atoms with E-state index in [1.165, 1.54) is 28.8 Å². The second kappa shape index (κ2) is 6.38. The molecule has 0 aliphatic carbocycles. The first-order valence-corrected chi connectivity index (χ1v) is 7.09. The van der Waals surface area contributed by atoms with Crippen LogP contribution in [0.2, 0.25) is 5.02 Å². The lowest BCUT2D eigenvalue weighted by Crippen LogP contribution is -2.25. The van der Waals surface area contributed by atoms with Gasteiger partial charge in [0, 0.05) is 11.1 Å². The summed E-state index contributed by atoms with van der Waals surface area (Å²) in [6, 6.07) is 10.7. The molecule has 0 aromatic heterocycles. The maximum absolute atomic E-state index is 13.2. The Kier molecular flexibility index (Phi) is 4.79. The average Bonchev–Trinajstić information content (AvgIpc) is 2.38. The molecule has 2 rings (SSSR count). The normalized spacial score (nSPS) is 12.4. The van der Waals surface area contributed by atoms with Crippen molar-refractivity contribution in [2.75, 3.05) is 0 Å². The zero-order valence-electron chi connectivity index (χ0n) is 11.8. The summed E-state index contributed by atoms with van der Waals surface area (Å²) >= 11 is 6.07. The maximum Gasteiger partial charge on any atom is 0.123 e. The van der Waals surface area contributed by atoms with Gasteiger partial charge in [-0.3, -0.25) is 0 Å². The van der Waals surface area contributed by atoms with Gasteiger partial charge in [0.25, 0.3) is 0 Å². The Bertz CT molecular complexity index is 610. The fourth-order valence-corrected chi connectivity index (χ4v) is 2.48. The summed E-state index contributed by atoms with van der Waals surface area (Å²) in [6.07, 6.45) is 1.33. The quantitative estimate of drug-likeness (QED) is 0.897. The van der Waals surface area contributed by atoms with Crippen LogP contribution in [0.1, 0.15) is 22.3 Å². The number of rotatable bonds is 4. The standard InChI is InChI=1S/C17H19ClFN/c1-11-3-4-13(7-12(11)2)8-16(20)10-14-9-15(19)5-6-17(14)18/h3-7,9,16H,8,10,20H2,1-2H3. The molecule has 0 saturated carbocycles. The highest BCUT2D eigenvalue weighted by molar-refractivity contribution is 6.31. The van der Waals surface area contributed by atoms with Gasteiger partial charge >= 0.3 is 0 Å². The topological polar surface area (TPSA) is 26.0 Å². The van der Waals surface area contributed by atoms with Crippen LogP contribution in [0.15, 0.2) is 36.4 Å². The maximum atomic E-state index is 13.2. The summed E-state index contributed by atoms with van der Waals surface area (Å²) < 4.78 is 13.2. The molecule has 2 N–H and O–H groups in total. The monoisotopic (exact) mass is 291 g/mol. The largest absolute Gasteiger partial charge is 0.327 e. The molecule has 0 fully saturated rings. The summed E-state index contributed by atoms with van der Waals surface area (Å²) in [4.78, 5) is 0. The van der Waals surface area contributed by atoms with E-state index in [2.05, 4.69) is 32.0 Å². The first kappa shape index (κ1) is 15.0. The minimum atomic E-state index is -0.275. The molecule has 20 heavy (non-hydrogen) atoms. The molecule has 0 saturated heterocycles. The minimum Gasteiger partial charge on any atom is -0.327 e. The molecule has 0 radical (unpaired) electrons. The Morgan fingerprint density at radius 1 is 1.05 bits per heavy atom. The predicted octanol–water partition coefficient (Wildman–Crippen LogP) is 4.21. The molecular formula is C17H19ClFN. The Balaban J connectivity index is 2.06. The molecule has 0 aliphatic heterocycles. The highest BCUT2D eigenvalue weighted by Gasteiger charge is 2.10. The molecule has 1 nitrogen and oxygen atoms in total. The molecule has 2 aromatic carbocycles. The van der Waals surface area contributed by atoms with Gasteiger partial charge in [0.05, 0.1) is 0 Å². The lowest BCUT2D eigenvalue weighted by molar-refractivity contribution is 0.618. The molecule has 0 aliphatic rings. The van der Waals surface area contributed by atoms with Gasteiger partial charge in [0.2, 0.25) is 0 Å². The van der Waals surface area contributed by atoms with Crippen molar-refractivity contribution in [3.8, 4) is 0 Å². The van der Waals surface area contributed by atoms with Gasteiger partial charge < -0.3 is 5.73 Å². The van der Waals surface area contributed by atoms with Gasteiger partial charge in [-0.1, -0.05) is 29.8 Å². The molecule has 0 amide bonds. The van der Waals surface area contributed by atoms with Crippen LogP contribution in [0.4, 0.5) is 4.39 Å². The lowest BCUT2D eigenvalue weighted by atomic mass is 9.97. The van der Waals surface area contributed by atoms with Crippen LogP contribution in [-0.4, -0.2) is 6.04 Å². The van der Waals surface area contributed by atoms with Gasteiger partial charge in [-0.2, -0.15) is 0 Å². The first-order chi connectivity index (χ1) is 9.45. The molecule has 106 valence electrons. The molecule has 1 atom stereocenters. The van der Waals surface area contributed by atoms with Crippen LogP contribution in [0, 0.1) is 19.7 Å². The van der Waals surface area contributed by atoms with Crippen LogP contribution >= 0.6 is 11.6 Å². The average molecular weight is 292 g/mol. The highest BCUT2D eigenvalue weighted by Crippen LogP contribution is 2.19. The van der Waals surface area contributed by atoms with Gasteiger partial charge in [-0.05, 0) is 67.1 Å². The van der Waals surface area contributed by atoms with Crippen molar-refractivity contribution in [1.82, 2.24) is 0 Å². The van der Waals surface area contributed by atoms with E-state index in [1.54, 1.807) is 6.07 Å². The fourth-order valence-electron chi connectivity index (χ4n) is 2.29. The van der Waals surface area contributed by atoms with E-state index in [-0.39, 0.29) is 11.9 Å². The van der Waals surface area contributed by atoms with Crippen LogP contribution in [-0.2, 0) is 12.8 Å². The summed E-state index contributed by atoms with van der Waals surface area (Å²) in [5.74, 6) is -0.275. The van der Waals surface area contributed by atoms with Crippen LogP contribution < -0.4 is 5.73 Å². The van der Waals surface area contributed by atoms with Crippen molar-refractivity contribution in [3.05, 3.63) is 69.5 Å². The molecule has 2 aromatic rings. The first-order valence-electron chi connectivity index (χ1n) is 6.71. The molecule has 3 heteroatoms. The second-order valence-corrected chi connectivity index (χ2v) is 5.73. The minimum absolute atomic E-state index is 0.0728. The van der Waals surface area contributed by atoms with E-state index in [4.69, 9.17) is 17.3 Å². The van der Waals surface area contributed by atoms with Gasteiger partial charge in [0.15, 0.2) is 0 Å². The van der Waals surface area contributed by atoms with E-state index in [0.717, 1.165) is 12.0 Å². The Morgan fingerprint density at radius 2 is 1.80 bits per heavy atom. The van der Waals surface area contributed by atoms with E-state index >= 15 is 0 Å². The zero-order valence-corrected chi connectivity index (χ0v) is 12.5. The zero-order chi connectivity index (χ0) is 14.7. The third-order valence-corrected chi connectivity index (χ3v) is 3.93. The molecule has 0 bridgehead atoms. The predicted molar refractivity (Wildman–Crippen MR) is 82.7 cm³/mol. The lowest BCUT2D eigenvalue weighted by Gasteiger charge is -2.14. The fraction of sp³-hybridized carbons (Fsp3) is 0.294. The molecule has 0 heterocycles. The van der Waals surface area contributed by atoms with Crippen molar-refractivity contribution in [2.24, 2.45) is 5.73 Å². The molecular weight excluding hydrogens is 273 g/mol. The number of nitrogens with two attached hydrogens (primary N) is 1. The number of aryl methyl sites for hydroxylation is 2. The smallest absolute Gasteiger partial charge is 0.123 e. The third kappa shape index (κ3) is 3.81. The second-order valence-electron chi connectivity index (χ2n) is 5.32. The van der Waals surface area contributed by atoms with Crippen LogP contribution in [0.5, 0.6) is 0 Å². The number of hydrogen-bond donors (Lipinski definition) is 1. The van der Waals surface area contributed by atoms with Crippen molar-refractivity contribution in [1.29, 1.82) is 0 Å². The van der Waals surface area contributed by atoms with Crippen molar-refractivity contribution in [3.63, 3.8) is 0 Å². The van der Waals surface area contributed by atoms with E-state index in [0.29, 0.717) is 11.4 Å². The van der Waals surface area contributed by atoms with Crippen molar-refractivity contribution in [2.45, 2.75) is 32.7 Å². The summed E-state index contributed by atoms with van der Waals surface area (Å²) in [7, 11) is 0. The Morgan fingerprint density at radius 3 is 2.50 bits per heavy atom. The molecule has 0 spiro atoms. The van der Waals surface area contributed by atoms with Gasteiger partial charge in [-0.25, -0.2) is 4.39 Å². The molecule has 1 unspecified atom stereocenters. The van der Waals surface area contributed by atoms with Crippen molar-refractivity contribution < 1.29 is 4.39 Å². The van der Waals surface area contributed by atoms with Gasteiger partial charge in [0.1, 0.15) is 5.82 Å². The van der Waals surface area contributed by atoms with Crippen LogP contribution in [0.25, 0.3) is 0 Å². The van der Waals surface area contributed by atoms with Gasteiger partial charge in [-0.15, -0.1) is 0 Å². The SMILES string of the molecule is Cc1ccc(CC(N)Cc2cc(F)ccc2Cl)cc1C. The number of hydrogen-bond acceptors (Lipinski definition) is 1. The summed E-state index contributed by atoms with van der Waals surface area (Å²) in [5, 5.41) is 0.571.